The molecule has 0 spiro atoms. The minimum Gasteiger partial charge on any atom is -0.370 e. The van der Waals surface area contributed by atoms with Crippen LogP contribution in [0.2, 0.25) is 5.02 Å². The number of halogens is 1. The summed E-state index contributed by atoms with van der Waals surface area (Å²) in [7, 11) is 1.90. The fourth-order valence-electron chi connectivity index (χ4n) is 2.49. The zero-order chi connectivity index (χ0) is 17.4. The molecule has 0 amide bonds. The molecule has 0 aliphatic heterocycles. The largest absolute Gasteiger partial charge is 0.370 e. The average Bonchev–Trinajstić information content (AvgIpc) is 2.50. The van der Waals surface area contributed by atoms with E-state index in [9.17, 15) is 10.1 Å². The molecule has 0 saturated heterocycles. The predicted molar refractivity (Wildman–Crippen MR) is 97.1 cm³/mol. The van der Waals surface area contributed by atoms with Crippen LogP contribution in [0.1, 0.15) is 52.4 Å². The Morgan fingerprint density at radius 2 is 2.09 bits per heavy atom. The average molecular weight is 340 g/mol. The molecule has 23 heavy (non-hydrogen) atoms. The van der Waals surface area contributed by atoms with E-state index in [1.165, 1.54) is 31.4 Å². The summed E-state index contributed by atoms with van der Waals surface area (Å²) in [6.07, 6.45) is 6.19. The highest BCUT2D eigenvalue weighted by molar-refractivity contribution is 6.33. The Kier molecular flexibility index (Phi) is 8.03. The molecule has 0 radical (unpaired) electrons. The summed E-state index contributed by atoms with van der Waals surface area (Å²) in [6, 6.07) is 4.62. The molecule has 1 atom stereocenters. The van der Waals surface area contributed by atoms with Crippen LogP contribution in [0.15, 0.2) is 18.2 Å². The molecule has 1 rings (SSSR count). The lowest BCUT2D eigenvalue weighted by molar-refractivity contribution is -0.384. The predicted octanol–water partition coefficient (Wildman–Crippen LogP) is 5.45. The molecule has 0 aliphatic carbocycles. The lowest BCUT2D eigenvalue weighted by Gasteiger charge is -2.28. The van der Waals surface area contributed by atoms with Crippen molar-refractivity contribution in [2.75, 3.05) is 11.9 Å². The van der Waals surface area contributed by atoms with Crippen molar-refractivity contribution in [3.05, 3.63) is 33.3 Å². The van der Waals surface area contributed by atoms with Crippen molar-refractivity contribution in [3.63, 3.8) is 0 Å². The molecule has 0 aliphatic rings. The van der Waals surface area contributed by atoms with Crippen LogP contribution in [0.5, 0.6) is 0 Å². The number of nitro benzene ring substituents is 1. The quantitative estimate of drug-likeness (QED) is 0.266. The van der Waals surface area contributed by atoms with Crippen LogP contribution in [0.4, 0.5) is 11.4 Å². The van der Waals surface area contributed by atoms with Gasteiger partial charge < -0.3 is 10.3 Å². The fourth-order valence-corrected chi connectivity index (χ4v) is 2.80. The first kappa shape index (κ1) is 19.4. The molecule has 0 saturated carbocycles. The molecule has 0 fully saturated rings. The second-order valence-electron chi connectivity index (χ2n) is 5.97. The number of non-ortho nitro benzene ring substituents is 1. The van der Waals surface area contributed by atoms with E-state index in [1.54, 1.807) is 6.07 Å². The molecule has 128 valence electrons. The number of benzene rings is 1. The van der Waals surface area contributed by atoms with Gasteiger partial charge in [-0.2, -0.15) is 0 Å². The zero-order valence-corrected chi connectivity index (χ0v) is 14.9. The molecular formula is C17H26ClN3O2. The van der Waals surface area contributed by atoms with Crippen molar-refractivity contribution in [2.45, 2.75) is 58.4 Å². The fraction of sp³-hybridized carbons (Fsp3) is 0.588. The second-order valence-corrected chi connectivity index (χ2v) is 6.38. The van der Waals surface area contributed by atoms with Gasteiger partial charge in [0.1, 0.15) is 0 Å². The van der Waals surface area contributed by atoms with Gasteiger partial charge in [0.05, 0.1) is 15.6 Å². The third-order valence-corrected chi connectivity index (χ3v) is 4.36. The van der Waals surface area contributed by atoms with E-state index in [-0.39, 0.29) is 11.7 Å². The molecule has 0 heterocycles. The number of hydrogen-bond acceptors (Lipinski definition) is 4. The van der Waals surface area contributed by atoms with Gasteiger partial charge in [0.25, 0.3) is 5.69 Å². The molecular weight excluding hydrogens is 314 g/mol. The molecule has 0 bridgehead atoms. The summed E-state index contributed by atoms with van der Waals surface area (Å²) in [6.45, 7) is 4.22. The van der Waals surface area contributed by atoms with Crippen LogP contribution >= 0.6 is 11.6 Å². The number of unbranched alkanes of at least 4 members (excludes halogenated alkanes) is 3. The van der Waals surface area contributed by atoms with E-state index < -0.39 is 4.92 Å². The summed E-state index contributed by atoms with van der Waals surface area (Å²) in [4.78, 5) is 12.3. The lowest BCUT2D eigenvalue weighted by Crippen LogP contribution is -2.31. The first-order chi connectivity index (χ1) is 10.9. The third kappa shape index (κ3) is 6.18. The van der Waals surface area contributed by atoms with Crippen molar-refractivity contribution < 1.29 is 4.92 Å². The molecule has 1 aromatic carbocycles. The van der Waals surface area contributed by atoms with E-state index in [2.05, 4.69) is 6.92 Å². The van der Waals surface area contributed by atoms with Crippen molar-refractivity contribution in [1.29, 1.82) is 5.41 Å². The van der Waals surface area contributed by atoms with Gasteiger partial charge in [0.2, 0.25) is 0 Å². The number of nitrogens with zero attached hydrogens (tertiary/aromatic N) is 2. The summed E-state index contributed by atoms with van der Waals surface area (Å²) in [5.74, 6) is 0. The molecule has 6 heteroatoms. The van der Waals surface area contributed by atoms with Crippen molar-refractivity contribution in [2.24, 2.45) is 0 Å². The highest BCUT2D eigenvalue weighted by Crippen LogP contribution is 2.30. The molecule has 1 aromatic rings. The van der Waals surface area contributed by atoms with Gasteiger partial charge in [-0.3, -0.25) is 10.1 Å². The first-order valence-electron chi connectivity index (χ1n) is 8.09. The third-order valence-electron chi connectivity index (χ3n) is 4.06. The van der Waals surface area contributed by atoms with Crippen LogP contribution < -0.4 is 4.90 Å². The first-order valence-corrected chi connectivity index (χ1v) is 8.47. The van der Waals surface area contributed by atoms with Crippen LogP contribution in [-0.2, 0) is 0 Å². The maximum atomic E-state index is 10.8. The van der Waals surface area contributed by atoms with E-state index in [0.717, 1.165) is 24.2 Å². The Labute approximate surface area is 143 Å². The second kappa shape index (κ2) is 9.50. The number of nitrogens with one attached hydrogen (secondary N) is 1. The lowest BCUT2D eigenvalue weighted by atomic mass is 10.0. The Balaban J connectivity index is 2.60. The summed E-state index contributed by atoms with van der Waals surface area (Å²) < 4.78 is 0. The van der Waals surface area contributed by atoms with Gasteiger partial charge >= 0.3 is 0 Å². The van der Waals surface area contributed by atoms with Crippen LogP contribution in [0, 0.1) is 15.5 Å². The molecule has 1 unspecified atom stereocenters. The van der Waals surface area contributed by atoms with Crippen LogP contribution in [-0.4, -0.2) is 23.7 Å². The van der Waals surface area contributed by atoms with E-state index in [0.29, 0.717) is 11.4 Å². The van der Waals surface area contributed by atoms with E-state index >= 15 is 0 Å². The summed E-state index contributed by atoms with van der Waals surface area (Å²) in [5, 5.41) is 19.2. The maximum Gasteiger partial charge on any atom is 0.271 e. The minimum atomic E-state index is -0.453. The Hall–Kier alpha value is -1.62. The van der Waals surface area contributed by atoms with E-state index in [4.69, 9.17) is 17.0 Å². The number of hydrogen-bond donors (Lipinski definition) is 1. The van der Waals surface area contributed by atoms with Gasteiger partial charge in [-0.05, 0) is 25.8 Å². The summed E-state index contributed by atoms with van der Waals surface area (Å²) >= 11 is 6.17. The number of anilines is 1. The Morgan fingerprint density at radius 3 is 2.65 bits per heavy atom. The molecule has 0 aromatic heterocycles. The smallest absolute Gasteiger partial charge is 0.271 e. The minimum absolute atomic E-state index is 0.0107. The van der Waals surface area contributed by atoms with Crippen molar-refractivity contribution in [3.8, 4) is 0 Å². The Morgan fingerprint density at radius 1 is 1.39 bits per heavy atom. The maximum absolute atomic E-state index is 10.8. The van der Waals surface area contributed by atoms with Gasteiger partial charge in [0.15, 0.2) is 0 Å². The highest BCUT2D eigenvalue weighted by atomic mass is 35.5. The van der Waals surface area contributed by atoms with Gasteiger partial charge in [-0.15, -0.1) is 0 Å². The zero-order valence-electron chi connectivity index (χ0n) is 14.1. The van der Waals surface area contributed by atoms with Crippen molar-refractivity contribution >= 4 is 28.7 Å². The SMILES string of the molecule is CCCCCCC(=N)CC(C)N(C)c1ccc([N+](=O)[O-])cc1Cl. The van der Waals surface area contributed by atoms with Gasteiger partial charge in [-0.25, -0.2) is 0 Å². The van der Waals surface area contributed by atoms with E-state index in [1.807, 2.05) is 18.9 Å². The molecule has 1 N–H and O–H groups in total. The Bertz CT molecular complexity index is 549. The standard InChI is InChI=1S/C17H26ClN3O2/c1-4-5-6-7-8-14(19)11-13(2)20(3)17-10-9-15(21(22)23)12-16(17)18/h9-10,12-13,19H,4-8,11H2,1-3H3. The molecule has 5 nitrogen and oxygen atoms in total. The normalized spacial score (nSPS) is 12.0. The van der Waals surface area contributed by atoms with Gasteiger partial charge in [-0.1, -0.05) is 37.8 Å². The van der Waals surface area contributed by atoms with Gasteiger partial charge in [0, 0.05) is 37.4 Å². The van der Waals surface area contributed by atoms with Crippen LogP contribution in [0.25, 0.3) is 0 Å². The number of rotatable bonds is 10. The monoisotopic (exact) mass is 339 g/mol. The van der Waals surface area contributed by atoms with Crippen molar-refractivity contribution in [1.82, 2.24) is 0 Å². The topological polar surface area (TPSA) is 70.2 Å². The highest BCUT2D eigenvalue weighted by Gasteiger charge is 2.17. The number of nitro groups is 1. The van der Waals surface area contributed by atoms with Crippen LogP contribution in [0.3, 0.4) is 0 Å². The summed E-state index contributed by atoms with van der Waals surface area (Å²) in [5.41, 5.74) is 1.49.